The number of fused-ring (bicyclic) bond motifs is 1. The lowest BCUT2D eigenvalue weighted by Gasteiger charge is -2.34. The van der Waals surface area contributed by atoms with Gasteiger partial charge in [0.05, 0.1) is 6.54 Å². The molecule has 0 radical (unpaired) electrons. The number of hydrogen-bond donors (Lipinski definition) is 1. The average Bonchev–Trinajstić information content (AvgIpc) is 3.56. The van der Waals surface area contributed by atoms with Crippen LogP contribution in [0.25, 0.3) is 10.9 Å². The number of hydrogen-bond acceptors (Lipinski definition) is 6. The van der Waals surface area contributed by atoms with Crippen LogP contribution in [0.3, 0.4) is 0 Å². The van der Waals surface area contributed by atoms with E-state index in [1.54, 1.807) is 27.7 Å². The van der Waals surface area contributed by atoms with E-state index in [2.05, 4.69) is 24.8 Å². The molecule has 2 aliphatic rings. The van der Waals surface area contributed by atoms with Crippen LogP contribution in [0, 0.1) is 11.7 Å². The van der Waals surface area contributed by atoms with Crippen molar-refractivity contribution < 1.29 is 9.13 Å². The van der Waals surface area contributed by atoms with Gasteiger partial charge in [0.2, 0.25) is 0 Å². The third kappa shape index (κ3) is 7.06. The van der Waals surface area contributed by atoms with Crippen LogP contribution >= 0.6 is 0 Å². The summed E-state index contributed by atoms with van der Waals surface area (Å²) in [6, 6.07) is 14.9. The number of likely N-dealkylation sites (tertiary alicyclic amines) is 1. The first-order valence-corrected chi connectivity index (χ1v) is 14.8. The Kier molecular flexibility index (Phi) is 8.79. The summed E-state index contributed by atoms with van der Waals surface area (Å²) in [4.78, 5) is 23.5. The number of halogens is 1. The number of H-pyrrole nitrogens is 1. The van der Waals surface area contributed by atoms with Crippen molar-refractivity contribution >= 4 is 10.9 Å². The standard InChI is InChI=1S/C31H40FN7O2/c32-27-6-7-30-29(20-27)26(21-33-30)23-37-14-12-36(13-15-37)16-17-39-31(40)38(24-34-39)22-25-8-10-35(11-9-25)18-19-41-28-4-2-1-3-5-28/h1-7,20-21,24-25,33H,8-19,22-23H2. The molecule has 2 aromatic carbocycles. The molecule has 4 heterocycles. The second-order valence-electron chi connectivity index (χ2n) is 11.4. The summed E-state index contributed by atoms with van der Waals surface area (Å²) in [5, 5.41) is 5.38. The van der Waals surface area contributed by atoms with Gasteiger partial charge in [-0.2, -0.15) is 5.10 Å². The van der Waals surface area contributed by atoms with Crippen molar-refractivity contribution in [2.75, 3.05) is 59.0 Å². The smallest absolute Gasteiger partial charge is 0.345 e. The van der Waals surface area contributed by atoms with Crippen LogP contribution in [0.15, 0.2) is 65.8 Å². The molecule has 0 unspecified atom stereocenters. The van der Waals surface area contributed by atoms with E-state index in [1.807, 2.05) is 36.5 Å². The Labute approximate surface area is 240 Å². The minimum atomic E-state index is -0.202. The van der Waals surface area contributed by atoms with Crippen molar-refractivity contribution in [3.8, 4) is 5.75 Å². The quantitative estimate of drug-likeness (QED) is 0.303. The van der Waals surface area contributed by atoms with E-state index in [0.717, 1.165) is 101 Å². The largest absolute Gasteiger partial charge is 0.492 e. The molecule has 0 aliphatic carbocycles. The summed E-state index contributed by atoms with van der Waals surface area (Å²) in [6.07, 6.45) is 5.87. The number of piperidine rings is 1. The van der Waals surface area contributed by atoms with Gasteiger partial charge in [-0.25, -0.2) is 13.9 Å². The van der Waals surface area contributed by atoms with Gasteiger partial charge in [0.25, 0.3) is 0 Å². The Balaban J connectivity index is 0.902. The number of aromatic amines is 1. The molecule has 4 aromatic rings. The fourth-order valence-corrected chi connectivity index (χ4v) is 6.06. The molecule has 41 heavy (non-hydrogen) atoms. The third-order valence-electron chi connectivity index (χ3n) is 8.59. The first kappa shape index (κ1) is 27.7. The van der Waals surface area contributed by atoms with Crippen LogP contribution in [0.2, 0.25) is 0 Å². The number of benzene rings is 2. The average molecular weight is 562 g/mol. The number of ether oxygens (including phenoxy) is 1. The number of nitrogens with one attached hydrogen (secondary N) is 1. The van der Waals surface area contributed by atoms with Gasteiger partial charge in [0.15, 0.2) is 0 Å². The highest BCUT2D eigenvalue weighted by Crippen LogP contribution is 2.22. The Hall–Kier alpha value is -3.47. The van der Waals surface area contributed by atoms with Crippen molar-refractivity contribution in [2.45, 2.75) is 32.5 Å². The van der Waals surface area contributed by atoms with Gasteiger partial charge >= 0.3 is 5.69 Å². The van der Waals surface area contributed by atoms with E-state index in [4.69, 9.17) is 4.74 Å². The molecule has 2 aromatic heterocycles. The molecule has 2 fully saturated rings. The number of para-hydroxylation sites is 1. The monoisotopic (exact) mass is 561 g/mol. The fraction of sp³-hybridized carbons (Fsp3) is 0.484. The van der Waals surface area contributed by atoms with Crippen molar-refractivity contribution in [2.24, 2.45) is 5.92 Å². The van der Waals surface area contributed by atoms with E-state index in [0.29, 0.717) is 19.1 Å². The molecule has 218 valence electrons. The van der Waals surface area contributed by atoms with Gasteiger partial charge in [-0.1, -0.05) is 18.2 Å². The van der Waals surface area contributed by atoms with Crippen LogP contribution in [-0.4, -0.2) is 93.0 Å². The lowest BCUT2D eigenvalue weighted by Crippen LogP contribution is -2.47. The van der Waals surface area contributed by atoms with E-state index >= 15 is 0 Å². The van der Waals surface area contributed by atoms with E-state index in [1.165, 1.54) is 6.07 Å². The van der Waals surface area contributed by atoms with Crippen LogP contribution in [0.4, 0.5) is 4.39 Å². The minimum absolute atomic E-state index is 0.00565. The molecule has 1 N–H and O–H groups in total. The van der Waals surface area contributed by atoms with E-state index in [9.17, 15) is 9.18 Å². The summed E-state index contributed by atoms with van der Waals surface area (Å²) >= 11 is 0. The van der Waals surface area contributed by atoms with Crippen LogP contribution < -0.4 is 10.4 Å². The molecule has 0 atom stereocenters. The second kappa shape index (κ2) is 13.0. The molecule has 2 saturated heterocycles. The summed E-state index contributed by atoms with van der Waals surface area (Å²) < 4.78 is 23.0. The number of aromatic nitrogens is 4. The van der Waals surface area contributed by atoms with Gasteiger partial charge in [0.1, 0.15) is 24.5 Å². The fourth-order valence-electron chi connectivity index (χ4n) is 6.06. The van der Waals surface area contributed by atoms with Crippen molar-refractivity contribution in [3.63, 3.8) is 0 Å². The predicted octanol–water partition coefficient (Wildman–Crippen LogP) is 3.27. The molecule has 9 nitrogen and oxygen atoms in total. The molecule has 0 spiro atoms. The number of nitrogens with zero attached hydrogens (tertiary/aromatic N) is 6. The normalized spacial score (nSPS) is 17.9. The maximum Gasteiger partial charge on any atom is 0.345 e. The molecule has 0 amide bonds. The molecule has 0 bridgehead atoms. The van der Waals surface area contributed by atoms with Crippen molar-refractivity contribution in [1.82, 2.24) is 34.0 Å². The summed E-state index contributed by atoms with van der Waals surface area (Å²) in [5.74, 6) is 1.21. The Morgan fingerprint density at radius 3 is 2.46 bits per heavy atom. The number of piperazine rings is 1. The molecule has 2 aliphatic heterocycles. The van der Waals surface area contributed by atoms with Gasteiger partial charge in [-0.05, 0) is 67.7 Å². The highest BCUT2D eigenvalue weighted by Gasteiger charge is 2.22. The zero-order chi connectivity index (χ0) is 28.0. The van der Waals surface area contributed by atoms with Gasteiger partial charge in [-0.3, -0.25) is 19.3 Å². The lowest BCUT2D eigenvalue weighted by molar-refractivity contribution is 0.123. The van der Waals surface area contributed by atoms with Crippen LogP contribution in [-0.2, 0) is 19.6 Å². The Bertz CT molecular complexity index is 1450. The van der Waals surface area contributed by atoms with E-state index in [-0.39, 0.29) is 11.5 Å². The second-order valence-corrected chi connectivity index (χ2v) is 11.4. The van der Waals surface area contributed by atoms with Crippen LogP contribution in [0.5, 0.6) is 5.75 Å². The van der Waals surface area contributed by atoms with E-state index < -0.39 is 0 Å². The summed E-state index contributed by atoms with van der Waals surface area (Å²) in [7, 11) is 0. The van der Waals surface area contributed by atoms with Gasteiger partial charge in [-0.15, -0.1) is 0 Å². The molecule has 10 heteroatoms. The molecule has 6 rings (SSSR count). The maximum atomic E-state index is 13.7. The highest BCUT2D eigenvalue weighted by molar-refractivity contribution is 5.83. The van der Waals surface area contributed by atoms with Crippen LogP contribution in [0.1, 0.15) is 18.4 Å². The van der Waals surface area contributed by atoms with Gasteiger partial charge in [0, 0.05) is 69.5 Å². The first-order chi connectivity index (χ1) is 20.1. The Morgan fingerprint density at radius 2 is 1.66 bits per heavy atom. The number of rotatable bonds is 11. The SMILES string of the molecule is O=c1n(CC2CCN(CCOc3ccccc3)CC2)cnn1CCN1CCN(Cc2c[nH]c3ccc(F)cc23)CC1. The molecular formula is C31H40FN7O2. The summed E-state index contributed by atoms with van der Waals surface area (Å²) in [6.45, 7) is 10.4. The Morgan fingerprint density at radius 1 is 0.902 bits per heavy atom. The predicted molar refractivity (Wildman–Crippen MR) is 158 cm³/mol. The zero-order valence-electron chi connectivity index (χ0n) is 23.6. The maximum absolute atomic E-state index is 13.7. The minimum Gasteiger partial charge on any atom is -0.492 e. The molecular weight excluding hydrogens is 521 g/mol. The van der Waals surface area contributed by atoms with Gasteiger partial charge < -0.3 is 9.72 Å². The topological polar surface area (TPSA) is 74.6 Å². The third-order valence-corrected chi connectivity index (χ3v) is 8.59. The lowest BCUT2D eigenvalue weighted by atomic mass is 9.97. The zero-order valence-corrected chi connectivity index (χ0v) is 23.6. The van der Waals surface area contributed by atoms with Crippen molar-refractivity contribution in [1.29, 1.82) is 0 Å². The first-order valence-electron chi connectivity index (χ1n) is 14.8. The summed E-state index contributed by atoms with van der Waals surface area (Å²) in [5.41, 5.74) is 2.10. The molecule has 0 saturated carbocycles. The van der Waals surface area contributed by atoms with Crippen molar-refractivity contribution in [3.05, 3.63) is 82.9 Å². The highest BCUT2D eigenvalue weighted by atomic mass is 19.1.